The minimum Gasteiger partial charge on any atom is -0.389 e. The van der Waals surface area contributed by atoms with Gasteiger partial charge >= 0.3 is 0 Å². The van der Waals surface area contributed by atoms with E-state index in [0.29, 0.717) is 18.4 Å². The molecule has 1 saturated carbocycles. The van der Waals surface area contributed by atoms with E-state index in [1.54, 1.807) is 0 Å². The van der Waals surface area contributed by atoms with Crippen molar-refractivity contribution in [3.05, 3.63) is 0 Å². The molecule has 2 rings (SSSR count). The molecule has 1 aliphatic heterocycles. The average Bonchev–Trinajstić information content (AvgIpc) is 2.83. The van der Waals surface area contributed by atoms with Crippen LogP contribution in [0, 0.1) is 11.8 Å². The third-order valence-electron chi connectivity index (χ3n) is 4.81. The van der Waals surface area contributed by atoms with Crippen LogP contribution < -0.4 is 5.32 Å². The summed E-state index contributed by atoms with van der Waals surface area (Å²) in [5, 5.41) is 13.8. The fraction of sp³-hybridized carbons (Fsp3) is 1.00. The molecule has 0 unspecified atom stereocenters. The highest BCUT2D eigenvalue weighted by molar-refractivity contribution is 4.97. The number of ether oxygens (including phenoxy) is 2. The van der Waals surface area contributed by atoms with Gasteiger partial charge in [-0.25, -0.2) is 0 Å². The molecule has 0 radical (unpaired) electrons. The van der Waals surface area contributed by atoms with E-state index in [9.17, 15) is 5.11 Å². The van der Waals surface area contributed by atoms with Crippen molar-refractivity contribution in [2.24, 2.45) is 11.8 Å². The second-order valence-corrected chi connectivity index (χ2v) is 7.59. The van der Waals surface area contributed by atoms with Crippen LogP contribution in [0.15, 0.2) is 0 Å². The van der Waals surface area contributed by atoms with Crippen molar-refractivity contribution >= 4 is 0 Å². The molecule has 1 heterocycles. The van der Waals surface area contributed by atoms with Gasteiger partial charge in [-0.3, -0.25) is 0 Å². The first kappa shape index (κ1) is 16.2. The van der Waals surface area contributed by atoms with Gasteiger partial charge in [-0.2, -0.15) is 0 Å². The van der Waals surface area contributed by atoms with Crippen molar-refractivity contribution in [3.8, 4) is 0 Å². The molecule has 1 aliphatic carbocycles. The molecule has 0 spiro atoms. The van der Waals surface area contributed by atoms with Crippen molar-refractivity contribution in [2.45, 2.75) is 64.2 Å². The van der Waals surface area contributed by atoms with Gasteiger partial charge in [-0.05, 0) is 32.1 Å². The third kappa shape index (κ3) is 4.17. The highest BCUT2D eigenvalue weighted by Crippen LogP contribution is 2.40. The van der Waals surface area contributed by atoms with Crippen LogP contribution in [0.5, 0.6) is 0 Å². The van der Waals surface area contributed by atoms with Gasteiger partial charge in [0.1, 0.15) is 0 Å². The Morgan fingerprint density at radius 3 is 2.65 bits per heavy atom. The fourth-order valence-electron chi connectivity index (χ4n) is 2.86. The van der Waals surface area contributed by atoms with E-state index < -0.39 is 5.60 Å². The summed E-state index contributed by atoms with van der Waals surface area (Å²) in [6.45, 7) is 12.0. The van der Waals surface area contributed by atoms with Crippen LogP contribution in [-0.4, -0.2) is 48.7 Å². The fourth-order valence-corrected chi connectivity index (χ4v) is 2.86. The molecule has 2 aliphatic rings. The van der Waals surface area contributed by atoms with E-state index >= 15 is 0 Å². The molecular weight excluding hydrogens is 254 g/mol. The Morgan fingerprint density at radius 1 is 1.40 bits per heavy atom. The summed E-state index contributed by atoms with van der Waals surface area (Å²) in [5.41, 5.74) is -0.516. The predicted octanol–water partition coefficient (Wildman–Crippen LogP) is 1.96. The molecule has 0 aromatic heterocycles. The largest absolute Gasteiger partial charge is 0.389 e. The summed E-state index contributed by atoms with van der Waals surface area (Å²) < 4.78 is 11.3. The van der Waals surface area contributed by atoms with Crippen molar-refractivity contribution < 1.29 is 14.6 Å². The smallest absolute Gasteiger partial charge is 0.0719 e. The second-order valence-electron chi connectivity index (χ2n) is 7.59. The molecule has 1 atom stereocenters. The van der Waals surface area contributed by atoms with E-state index in [-0.39, 0.29) is 11.6 Å². The Labute approximate surface area is 123 Å². The van der Waals surface area contributed by atoms with E-state index in [0.717, 1.165) is 39.0 Å². The van der Waals surface area contributed by atoms with Gasteiger partial charge < -0.3 is 19.9 Å². The molecule has 2 fully saturated rings. The zero-order chi connectivity index (χ0) is 14.8. The lowest BCUT2D eigenvalue weighted by Gasteiger charge is -2.47. The van der Waals surface area contributed by atoms with E-state index in [2.05, 4.69) is 33.0 Å². The molecule has 20 heavy (non-hydrogen) atoms. The summed E-state index contributed by atoms with van der Waals surface area (Å²) in [4.78, 5) is 0. The van der Waals surface area contributed by atoms with Gasteiger partial charge in [0.15, 0.2) is 0 Å². The second kappa shape index (κ2) is 6.30. The highest BCUT2D eigenvalue weighted by Gasteiger charge is 2.45. The Morgan fingerprint density at radius 2 is 2.10 bits per heavy atom. The van der Waals surface area contributed by atoms with E-state index in [1.165, 1.54) is 0 Å². The standard InChI is InChI=1S/C16H31NO3/c1-12(2)16(18)7-14(8-16)20-11-15(3,4)17-9-13-5-6-19-10-13/h12-14,17-18H,5-11H2,1-4H3/t13-,14?,16?/m1/s1. The van der Waals surface area contributed by atoms with Crippen LogP contribution in [0.2, 0.25) is 0 Å². The van der Waals surface area contributed by atoms with Crippen LogP contribution in [0.4, 0.5) is 0 Å². The third-order valence-corrected chi connectivity index (χ3v) is 4.81. The van der Waals surface area contributed by atoms with Crippen molar-refractivity contribution in [1.82, 2.24) is 5.32 Å². The lowest BCUT2D eigenvalue weighted by atomic mass is 9.70. The highest BCUT2D eigenvalue weighted by atomic mass is 16.5. The van der Waals surface area contributed by atoms with E-state index in [4.69, 9.17) is 9.47 Å². The van der Waals surface area contributed by atoms with Gasteiger partial charge in [0, 0.05) is 31.5 Å². The van der Waals surface area contributed by atoms with Crippen molar-refractivity contribution in [2.75, 3.05) is 26.4 Å². The summed E-state index contributed by atoms with van der Waals surface area (Å²) >= 11 is 0. The van der Waals surface area contributed by atoms with Crippen LogP contribution >= 0.6 is 0 Å². The SMILES string of the molecule is CC(C)C1(O)CC(OCC(C)(C)NC[C@H]2CCOC2)C1. The first-order valence-electron chi connectivity index (χ1n) is 7.97. The minimum atomic E-state index is -0.497. The molecule has 1 saturated heterocycles. The first-order chi connectivity index (χ1) is 9.31. The lowest BCUT2D eigenvalue weighted by Crippen LogP contribution is -2.54. The molecule has 0 bridgehead atoms. The summed E-state index contributed by atoms with van der Waals surface area (Å²) in [5.74, 6) is 0.958. The summed E-state index contributed by atoms with van der Waals surface area (Å²) in [7, 11) is 0. The minimum absolute atomic E-state index is 0.0197. The Hall–Kier alpha value is -0.160. The quantitative estimate of drug-likeness (QED) is 0.751. The number of hydrogen-bond donors (Lipinski definition) is 2. The topological polar surface area (TPSA) is 50.7 Å². The summed E-state index contributed by atoms with van der Waals surface area (Å²) in [6, 6.07) is 0. The number of rotatable bonds is 7. The molecule has 0 aromatic carbocycles. The van der Waals surface area contributed by atoms with Gasteiger partial charge in [0.2, 0.25) is 0 Å². The van der Waals surface area contributed by atoms with Crippen LogP contribution in [-0.2, 0) is 9.47 Å². The van der Waals surface area contributed by atoms with Crippen molar-refractivity contribution in [1.29, 1.82) is 0 Å². The van der Waals surface area contributed by atoms with Crippen LogP contribution in [0.3, 0.4) is 0 Å². The monoisotopic (exact) mass is 285 g/mol. The van der Waals surface area contributed by atoms with E-state index in [1.807, 2.05) is 0 Å². The Kier molecular flexibility index (Phi) is 5.11. The Balaban J connectivity index is 1.63. The molecule has 118 valence electrons. The predicted molar refractivity (Wildman–Crippen MR) is 79.8 cm³/mol. The maximum Gasteiger partial charge on any atom is 0.0719 e. The van der Waals surface area contributed by atoms with Crippen LogP contribution in [0.1, 0.15) is 47.0 Å². The van der Waals surface area contributed by atoms with Gasteiger partial charge in [0.25, 0.3) is 0 Å². The van der Waals surface area contributed by atoms with Gasteiger partial charge in [-0.15, -0.1) is 0 Å². The Bertz CT molecular complexity index is 305. The average molecular weight is 285 g/mol. The maximum absolute atomic E-state index is 10.2. The molecule has 0 amide bonds. The van der Waals surface area contributed by atoms with Crippen LogP contribution in [0.25, 0.3) is 0 Å². The number of hydrogen-bond acceptors (Lipinski definition) is 4. The van der Waals surface area contributed by atoms with Crippen molar-refractivity contribution in [3.63, 3.8) is 0 Å². The summed E-state index contributed by atoms with van der Waals surface area (Å²) in [6.07, 6.45) is 2.93. The zero-order valence-corrected chi connectivity index (χ0v) is 13.4. The molecule has 4 heteroatoms. The zero-order valence-electron chi connectivity index (χ0n) is 13.4. The normalized spacial score (nSPS) is 34.5. The number of aliphatic hydroxyl groups is 1. The maximum atomic E-state index is 10.2. The van der Waals surface area contributed by atoms with Gasteiger partial charge in [-0.1, -0.05) is 13.8 Å². The van der Waals surface area contributed by atoms with Gasteiger partial charge in [0.05, 0.1) is 24.9 Å². The first-order valence-corrected chi connectivity index (χ1v) is 7.97. The number of nitrogens with one attached hydrogen (secondary N) is 1. The molecular formula is C16H31NO3. The molecule has 2 N–H and O–H groups in total. The lowest BCUT2D eigenvalue weighted by molar-refractivity contribution is -0.167. The molecule has 4 nitrogen and oxygen atoms in total. The molecule has 0 aromatic rings.